The average Bonchev–Trinajstić information content (AvgIpc) is 3.53. The minimum atomic E-state index is -4.68. The Kier molecular flexibility index (Phi) is 6.92. The lowest BCUT2D eigenvalue weighted by molar-refractivity contribution is -0.153. The topological polar surface area (TPSA) is 75.2 Å². The number of aliphatic hydroxyl groups excluding tert-OH is 1. The maximum atomic E-state index is 14.3. The van der Waals surface area contributed by atoms with Crippen LogP contribution in [-0.2, 0) is 4.74 Å². The number of aliphatic hydroxyl groups is 1. The zero-order valence-electron chi connectivity index (χ0n) is 17.8. The maximum Gasteiger partial charge on any atom is 0.422 e. The fourth-order valence-corrected chi connectivity index (χ4v) is 3.83. The van der Waals surface area contributed by atoms with Gasteiger partial charge in [-0.05, 0) is 35.9 Å². The van der Waals surface area contributed by atoms with Crippen LogP contribution < -0.4 is 9.64 Å². The molecule has 1 amide bonds. The van der Waals surface area contributed by atoms with Crippen molar-refractivity contribution in [3.63, 3.8) is 0 Å². The number of epoxide rings is 1. The zero-order valence-corrected chi connectivity index (χ0v) is 19.3. The van der Waals surface area contributed by atoms with E-state index < -0.39 is 48.2 Å². The molecule has 2 aromatic carbocycles. The number of carbonyl (C=O) groups excluding carboxylic acids is 1. The van der Waals surface area contributed by atoms with Crippen LogP contribution in [-0.4, -0.2) is 42.1 Å². The second kappa shape index (κ2) is 9.62. The molecule has 1 aliphatic heterocycles. The molecule has 12 heteroatoms. The van der Waals surface area contributed by atoms with Crippen molar-refractivity contribution >= 4 is 34.9 Å². The molecule has 0 saturated carbocycles. The van der Waals surface area contributed by atoms with Gasteiger partial charge in [0.1, 0.15) is 11.9 Å². The molecule has 1 aliphatic rings. The van der Waals surface area contributed by atoms with Crippen molar-refractivity contribution in [2.45, 2.75) is 18.6 Å². The summed E-state index contributed by atoms with van der Waals surface area (Å²) in [4.78, 5) is 17.9. The Balaban J connectivity index is 1.75. The van der Waals surface area contributed by atoms with Crippen molar-refractivity contribution in [3.8, 4) is 16.9 Å². The van der Waals surface area contributed by atoms with E-state index in [0.29, 0.717) is 11.1 Å². The molecule has 2 heterocycles. The summed E-state index contributed by atoms with van der Waals surface area (Å²) in [7, 11) is 1.20. The van der Waals surface area contributed by atoms with Gasteiger partial charge in [0.25, 0.3) is 5.91 Å². The minimum absolute atomic E-state index is 0.177. The van der Waals surface area contributed by atoms with Gasteiger partial charge in [-0.2, -0.15) is 13.2 Å². The SMILES string of the molecule is CN(C(=O)c1c(F)cccc1Cl)c1ncc(-c2cc(C3OC3O)ccc2Cl)cc1OCC(F)(F)F. The molecule has 1 N–H and O–H groups in total. The van der Waals surface area contributed by atoms with Crippen molar-refractivity contribution in [1.82, 2.24) is 4.98 Å². The first-order valence-corrected chi connectivity index (χ1v) is 10.8. The molecule has 0 aliphatic carbocycles. The van der Waals surface area contributed by atoms with Crippen molar-refractivity contribution in [2.24, 2.45) is 0 Å². The number of nitrogens with zero attached hydrogens (tertiary/aromatic N) is 2. The summed E-state index contributed by atoms with van der Waals surface area (Å²) in [5.41, 5.74) is 0.787. The van der Waals surface area contributed by atoms with Crippen LogP contribution in [0.4, 0.5) is 23.4 Å². The molecular weight excluding hydrogens is 515 g/mol. The minimum Gasteiger partial charge on any atom is -0.480 e. The highest BCUT2D eigenvalue weighted by Crippen LogP contribution is 2.41. The van der Waals surface area contributed by atoms with Gasteiger partial charge in [0.05, 0.1) is 10.6 Å². The fraction of sp³-hybridized carbons (Fsp3) is 0.217. The van der Waals surface area contributed by atoms with Gasteiger partial charge in [-0.1, -0.05) is 35.3 Å². The number of carbonyl (C=O) groups is 1. The number of rotatable bonds is 6. The summed E-state index contributed by atoms with van der Waals surface area (Å²) in [5.74, 6) is -2.54. The predicted molar refractivity (Wildman–Crippen MR) is 120 cm³/mol. The van der Waals surface area contributed by atoms with Gasteiger partial charge >= 0.3 is 6.18 Å². The largest absolute Gasteiger partial charge is 0.480 e. The van der Waals surface area contributed by atoms with Crippen LogP contribution in [0.25, 0.3) is 11.1 Å². The van der Waals surface area contributed by atoms with Crippen LogP contribution in [0.2, 0.25) is 10.0 Å². The van der Waals surface area contributed by atoms with Gasteiger partial charge in [0.15, 0.2) is 24.5 Å². The van der Waals surface area contributed by atoms with Gasteiger partial charge < -0.3 is 14.6 Å². The van der Waals surface area contributed by atoms with Gasteiger partial charge in [-0.15, -0.1) is 0 Å². The van der Waals surface area contributed by atoms with E-state index in [9.17, 15) is 27.5 Å². The number of hydrogen-bond acceptors (Lipinski definition) is 5. The maximum absolute atomic E-state index is 14.3. The van der Waals surface area contributed by atoms with Gasteiger partial charge in [0.2, 0.25) is 0 Å². The van der Waals surface area contributed by atoms with Gasteiger partial charge in [-0.3, -0.25) is 9.69 Å². The highest BCUT2D eigenvalue weighted by molar-refractivity contribution is 6.34. The summed E-state index contributed by atoms with van der Waals surface area (Å²) in [5, 5.41) is 9.59. The number of benzene rings is 2. The third kappa shape index (κ3) is 5.51. The molecule has 1 aromatic heterocycles. The van der Waals surface area contributed by atoms with E-state index in [1.807, 2.05) is 0 Å². The molecule has 2 atom stereocenters. The van der Waals surface area contributed by atoms with Crippen LogP contribution in [0.15, 0.2) is 48.7 Å². The van der Waals surface area contributed by atoms with Gasteiger partial charge in [0, 0.05) is 29.4 Å². The number of halogens is 6. The Hall–Kier alpha value is -2.92. The zero-order chi connectivity index (χ0) is 25.5. The number of amides is 1. The van der Waals surface area contributed by atoms with E-state index in [4.69, 9.17) is 32.7 Å². The molecule has 0 spiro atoms. The van der Waals surface area contributed by atoms with Crippen LogP contribution in [0, 0.1) is 5.82 Å². The number of ether oxygens (including phenoxy) is 2. The number of anilines is 1. The number of hydrogen-bond donors (Lipinski definition) is 1. The van der Waals surface area contributed by atoms with Crippen LogP contribution in [0.5, 0.6) is 5.75 Å². The van der Waals surface area contributed by atoms with Crippen LogP contribution in [0.3, 0.4) is 0 Å². The second-order valence-electron chi connectivity index (χ2n) is 7.60. The van der Waals surface area contributed by atoms with E-state index in [1.54, 1.807) is 18.2 Å². The standard InChI is InChI=1S/C23H16Cl2F4N2O4/c1-31(21(32)18-15(25)3-2-4-16(18)26)20-17(34-10-23(27,28)29)8-12(9-30-20)13-7-11(5-6-14(13)24)19-22(33)35-19/h2-9,19,22,33H,10H2,1H3. The number of alkyl halides is 3. The Morgan fingerprint density at radius 3 is 2.54 bits per heavy atom. The molecular formula is C23H16Cl2F4N2O4. The normalized spacial score (nSPS) is 17.3. The van der Waals surface area contributed by atoms with Crippen LogP contribution in [0.1, 0.15) is 22.0 Å². The molecule has 0 bridgehead atoms. The molecule has 2 unspecified atom stereocenters. The first kappa shape index (κ1) is 25.2. The lowest BCUT2D eigenvalue weighted by Gasteiger charge is -2.21. The van der Waals surface area contributed by atoms with Crippen molar-refractivity contribution in [2.75, 3.05) is 18.6 Å². The van der Waals surface area contributed by atoms with Crippen molar-refractivity contribution < 1.29 is 36.9 Å². The molecule has 1 fully saturated rings. The quantitative estimate of drug-likeness (QED) is 0.322. The lowest BCUT2D eigenvalue weighted by atomic mass is 10.0. The second-order valence-corrected chi connectivity index (χ2v) is 8.41. The monoisotopic (exact) mass is 530 g/mol. The van der Waals surface area contributed by atoms with Crippen LogP contribution >= 0.6 is 23.2 Å². The first-order chi connectivity index (χ1) is 16.5. The third-order valence-electron chi connectivity index (χ3n) is 5.12. The number of pyridine rings is 1. The van der Waals surface area contributed by atoms with E-state index in [-0.39, 0.29) is 21.4 Å². The highest BCUT2D eigenvalue weighted by Gasteiger charge is 2.38. The summed E-state index contributed by atoms with van der Waals surface area (Å²) < 4.78 is 63.0. The Labute approximate surface area is 206 Å². The summed E-state index contributed by atoms with van der Waals surface area (Å²) in [6, 6.07) is 9.65. The third-order valence-corrected chi connectivity index (χ3v) is 5.77. The molecule has 0 radical (unpaired) electrons. The summed E-state index contributed by atoms with van der Waals surface area (Å²) in [6.45, 7) is -1.66. The number of aromatic nitrogens is 1. The Morgan fingerprint density at radius 2 is 1.91 bits per heavy atom. The Bertz CT molecular complexity index is 1270. The van der Waals surface area contributed by atoms with E-state index in [2.05, 4.69) is 4.98 Å². The Morgan fingerprint density at radius 1 is 1.20 bits per heavy atom. The summed E-state index contributed by atoms with van der Waals surface area (Å²) >= 11 is 12.3. The molecule has 3 aromatic rings. The molecule has 1 saturated heterocycles. The molecule has 4 rings (SSSR count). The lowest BCUT2D eigenvalue weighted by Crippen LogP contribution is -2.29. The molecule has 184 valence electrons. The molecule has 35 heavy (non-hydrogen) atoms. The van der Waals surface area contributed by atoms with E-state index in [0.717, 1.165) is 11.0 Å². The smallest absolute Gasteiger partial charge is 0.422 e. The van der Waals surface area contributed by atoms with Crippen molar-refractivity contribution in [1.29, 1.82) is 0 Å². The predicted octanol–water partition coefficient (Wildman–Crippen LogP) is 5.80. The van der Waals surface area contributed by atoms with Gasteiger partial charge in [-0.25, -0.2) is 9.37 Å². The van der Waals surface area contributed by atoms with E-state index in [1.165, 1.54) is 31.4 Å². The highest BCUT2D eigenvalue weighted by atomic mass is 35.5. The average molecular weight is 531 g/mol. The molecule has 6 nitrogen and oxygen atoms in total. The van der Waals surface area contributed by atoms with Crippen molar-refractivity contribution in [3.05, 3.63) is 75.7 Å². The van der Waals surface area contributed by atoms with E-state index >= 15 is 0 Å². The first-order valence-electron chi connectivity index (χ1n) is 10.0. The fourth-order valence-electron chi connectivity index (χ4n) is 3.36. The summed E-state index contributed by atoms with van der Waals surface area (Å²) in [6.07, 6.45) is -4.91.